The van der Waals surface area contributed by atoms with Crippen molar-refractivity contribution < 1.29 is 14.1 Å². The van der Waals surface area contributed by atoms with E-state index in [1.165, 1.54) is 13.8 Å². The number of nitrogens with zero attached hydrogens (tertiary/aromatic N) is 1. The Bertz CT molecular complexity index is 573. The first-order chi connectivity index (χ1) is 8.91. The zero-order valence-electron chi connectivity index (χ0n) is 10.6. The Morgan fingerprint density at radius 3 is 2.79 bits per heavy atom. The lowest BCUT2D eigenvalue weighted by atomic mass is 10.1. The number of benzene rings is 1. The van der Waals surface area contributed by atoms with Crippen LogP contribution in [0.1, 0.15) is 24.5 Å². The van der Waals surface area contributed by atoms with E-state index in [0.717, 1.165) is 12.1 Å². The first kappa shape index (κ1) is 14.6. The van der Waals surface area contributed by atoms with Crippen LogP contribution >= 0.6 is 0 Å². The molecule has 0 atom stereocenters. The molecule has 1 amide bonds. The molecule has 0 saturated carbocycles. The summed E-state index contributed by atoms with van der Waals surface area (Å²) in [6.07, 6.45) is 0.392. The Kier molecular flexibility index (Phi) is 5.01. The van der Waals surface area contributed by atoms with Crippen molar-refractivity contribution in [3.8, 4) is 11.8 Å². The number of hydrogen-bond donors (Lipinski definition) is 1. The smallest absolute Gasteiger partial charge is 0.276 e. The number of amides is 1. The summed E-state index contributed by atoms with van der Waals surface area (Å²) in [6.45, 7) is 3.31. The Morgan fingerprint density at radius 2 is 2.21 bits per heavy atom. The van der Waals surface area contributed by atoms with Gasteiger partial charge in [-0.3, -0.25) is 14.9 Å². The topological polar surface area (TPSA) is 72.2 Å². The first-order valence-corrected chi connectivity index (χ1v) is 5.59. The van der Waals surface area contributed by atoms with Gasteiger partial charge in [0, 0.05) is 31.0 Å². The van der Waals surface area contributed by atoms with Crippen molar-refractivity contribution in [3.05, 3.63) is 39.2 Å². The third kappa shape index (κ3) is 4.39. The van der Waals surface area contributed by atoms with Crippen molar-refractivity contribution in [1.82, 2.24) is 5.32 Å². The highest BCUT2D eigenvalue weighted by molar-refractivity contribution is 5.72. The minimum Gasteiger partial charge on any atom is -0.355 e. The summed E-state index contributed by atoms with van der Waals surface area (Å²) in [5.74, 6) is 4.57. The van der Waals surface area contributed by atoms with Gasteiger partial charge < -0.3 is 5.32 Å². The molecule has 0 aliphatic carbocycles. The minimum atomic E-state index is -0.691. The predicted octanol–water partition coefficient (Wildman–Crippen LogP) is 1.92. The van der Waals surface area contributed by atoms with Gasteiger partial charge >= 0.3 is 0 Å². The van der Waals surface area contributed by atoms with Crippen LogP contribution in [0.15, 0.2) is 12.1 Å². The Morgan fingerprint density at radius 1 is 1.53 bits per heavy atom. The van der Waals surface area contributed by atoms with Gasteiger partial charge in [-0.05, 0) is 13.0 Å². The first-order valence-electron chi connectivity index (χ1n) is 5.59. The molecule has 0 unspecified atom stereocenters. The summed E-state index contributed by atoms with van der Waals surface area (Å²) in [7, 11) is 0. The van der Waals surface area contributed by atoms with E-state index in [4.69, 9.17) is 0 Å². The van der Waals surface area contributed by atoms with E-state index < -0.39 is 10.7 Å². The average molecular weight is 264 g/mol. The minimum absolute atomic E-state index is 0.153. The predicted molar refractivity (Wildman–Crippen MR) is 68.0 cm³/mol. The highest BCUT2D eigenvalue weighted by atomic mass is 19.1. The van der Waals surface area contributed by atoms with Crippen LogP contribution in [0, 0.1) is 34.7 Å². The molecule has 0 aliphatic rings. The fraction of sp³-hybridized carbons (Fsp3) is 0.308. The highest BCUT2D eigenvalue weighted by Crippen LogP contribution is 2.22. The molecule has 5 nitrogen and oxygen atoms in total. The maximum absolute atomic E-state index is 13.2. The Labute approximate surface area is 110 Å². The van der Waals surface area contributed by atoms with E-state index in [1.54, 1.807) is 0 Å². The summed E-state index contributed by atoms with van der Waals surface area (Å²) >= 11 is 0. The van der Waals surface area contributed by atoms with E-state index in [9.17, 15) is 19.3 Å². The van der Waals surface area contributed by atoms with Crippen LogP contribution in [0.5, 0.6) is 0 Å². The molecule has 19 heavy (non-hydrogen) atoms. The van der Waals surface area contributed by atoms with Gasteiger partial charge in [0.1, 0.15) is 5.82 Å². The maximum atomic E-state index is 13.2. The molecule has 6 heteroatoms. The number of hydrogen-bond acceptors (Lipinski definition) is 3. The molecular formula is C13H13FN2O3. The Hall–Kier alpha value is -2.42. The van der Waals surface area contributed by atoms with Crippen LogP contribution in [-0.4, -0.2) is 17.4 Å². The number of carbonyl (C=O) groups excluding carboxylic acids is 1. The maximum Gasteiger partial charge on any atom is 0.276 e. The van der Waals surface area contributed by atoms with Crippen LogP contribution < -0.4 is 5.32 Å². The molecule has 0 aliphatic heterocycles. The molecule has 1 aromatic carbocycles. The molecule has 100 valence electrons. The quantitative estimate of drug-likeness (QED) is 0.392. The second kappa shape index (κ2) is 6.50. The number of nitrogens with one attached hydrogen (secondary N) is 1. The van der Waals surface area contributed by atoms with Crippen LogP contribution in [0.25, 0.3) is 0 Å². The van der Waals surface area contributed by atoms with Gasteiger partial charge in [-0.1, -0.05) is 11.8 Å². The highest BCUT2D eigenvalue weighted by Gasteiger charge is 2.15. The molecule has 1 rings (SSSR count). The third-order valence-electron chi connectivity index (χ3n) is 2.39. The lowest BCUT2D eigenvalue weighted by Crippen LogP contribution is -2.20. The molecule has 0 spiro atoms. The second-order valence-electron chi connectivity index (χ2n) is 3.89. The standard InChI is InChI=1S/C13H13FN2O3/c1-9-11(5-3-4-6-15-10(2)17)7-12(14)8-13(9)16(18)19/h7-8H,4,6H2,1-2H3,(H,15,17). The van der Waals surface area contributed by atoms with Gasteiger partial charge in [0.2, 0.25) is 5.91 Å². The molecule has 0 aromatic heterocycles. The van der Waals surface area contributed by atoms with Crippen molar-refractivity contribution in [2.24, 2.45) is 0 Å². The van der Waals surface area contributed by atoms with Gasteiger partial charge in [0.25, 0.3) is 5.69 Å². The van der Waals surface area contributed by atoms with E-state index in [1.807, 2.05) is 0 Å². The second-order valence-corrected chi connectivity index (χ2v) is 3.89. The van der Waals surface area contributed by atoms with Crippen LogP contribution in [0.4, 0.5) is 10.1 Å². The van der Waals surface area contributed by atoms with E-state index >= 15 is 0 Å². The Balaban J connectivity index is 2.87. The molecule has 1 N–H and O–H groups in total. The van der Waals surface area contributed by atoms with Crippen molar-refractivity contribution in [2.75, 3.05) is 6.54 Å². The number of halogens is 1. The van der Waals surface area contributed by atoms with E-state index in [2.05, 4.69) is 17.2 Å². The molecule has 0 fully saturated rings. The number of nitro benzene ring substituents is 1. The van der Waals surface area contributed by atoms with Crippen molar-refractivity contribution >= 4 is 11.6 Å². The van der Waals surface area contributed by atoms with Gasteiger partial charge in [-0.2, -0.15) is 0 Å². The fourth-order valence-electron chi connectivity index (χ4n) is 1.44. The van der Waals surface area contributed by atoms with Crippen LogP contribution in [0.2, 0.25) is 0 Å². The molecule has 0 saturated heterocycles. The number of nitro groups is 1. The number of carbonyl (C=O) groups is 1. The average Bonchev–Trinajstić information content (AvgIpc) is 2.31. The van der Waals surface area contributed by atoms with E-state index in [0.29, 0.717) is 18.5 Å². The molecule has 0 radical (unpaired) electrons. The monoisotopic (exact) mass is 264 g/mol. The van der Waals surface area contributed by atoms with Crippen LogP contribution in [0.3, 0.4) is 0 Å². The zero-order valence-corrected chi connectivity index (χ0v) is 10.6. The van der Waals surface area contributed by atoms with Gasteiger partial charge in [-0.15, -0.1) is 0 Å². The molecular weight excluding hydrogens is 251 g/mol. The summed E-state index contributed by atoms with van der Waals surface area (Å²) in [5, 5.41) is 13.3. The van der Waals surface area contributed by atoms with Crippen molar-refractivity contribution in [1.29, 1.82) is 0 Å². The molecule has 1 aromatic rings. The summed E-state index contributed by atoms with van der Waals surface area (Å²) in [5.41, 5.74) is 0.333. The van der Waals surface area contributed by atoms with Crippen LogP contribution in [-0.2, 0) is 4.79 Å². The summed E-state index contributed by atoms with van der Waals surface area (Å²) in [4.78, 5) is 20.7. The van der Waals surface area contributed by atoms with Gasteiger partial charge in [0.15, 0.2) is 0 Å². The van der Waals surface area contributed by atoms with E-state index in [-0.39, 0.29) is 17.2 Å². The third-order valence-corrected chi connectivity index (χ3v) is 2.39. The van der Waals surface area contributed by atoms with Gasteiger partial charge in [0.05, 0.1) is 11.0 Å². The van der Waals surface area contributed by atoms with Gasteiger partial charge in [-0.25, -0.2) is 4.39 Å². The lowest BCUT2D eigenvalue weighted by molar-refractivity contribution is -0.385. The zero-order chi connectivity index (χ0) is 14.4. The van der Waals surface area contributed by atoms with Crippen molar-refractivity contribution in [2.45, 2.75) is 20.3 Å². The number of rotatable bonds is 3. The molecule has 0 bridgehead atoms. The SMILES string of the molecule is CC(=O)NCCC#Cc1cc(F)cc([N+](=O)[O-])c1C. The summed E-state index contributed by atoms with van der Waals surface area (Å²) in [6, 6.07) is 2.03. The largest absolute Gasteiger partial charge is 0.355 e. The normalized spacial score (nSPS) is 9.42. The molecule has 0 heterocycles. The van der Waals surface area contributed by atoms with Crippen molar-refractivity contribution in [3.63, 3.8) is 0 Å². The fourth-order valence-corrected chi connectivity index (χ4v) is 1.44. The lowest BCUT2D eigenvalue weighted by Gasteiger charge is -2.00. The summed E-state index contributed by atoms with van der Waals surface area (Å²) < 4.78 is 13.2.